The van der Waals surface area contributed by atoms with Crippen LogP contribution in [-0.2, 0) is 45.8 Å². The van der Waals surface area contributed by atoms with Crippen LogP contribution in [0.3, 0.4) is 0 Å². The van der Waals surface area contributed by atoms with Gasteiger partial charge in [0.25, 0.3) is 5.56 Å². The molecule has 3 aliphatic rings. The minimum absolute atomic E-state index is 0.0684. The van der Waals surface area contributed by atoms with Gasteiger partial charge in [0.2, 0.25) is 0 Å². The van der Waals surface area contributed by atoms with E-state index in [9.17, 15) is 4.79 Å². The highest BCUT2D eigenvalue weighted by molar-refractivity contribution is 5.30. The third kappa shape index (κ3) is 2.71. The number of nitrogens with zero attached hydrogens (tertiary/aromatic N) is 5. The van der Waals surface area contributed by atoms with Crippen molar-refractivity contribution in [3.63, 3.8) is 0 Å². The summed E-state index contributed by atoms with van der Waals surface area (Å²) in [5, 5.41) is 9.40. The molecule has 1 aliphatic heterocycles. The van der Waals surface area contributed by atoms with Crippen LogP contribution >= 0.6 is 0 Å². The molecule has 26 heavy (non-hydrogen) atoms. The van der Waals surface area contributed by atoms with Crippen molar-refractivity contribution in [2.24, 2.45) is 7.05 Å². The highest BCUT2D eigenvalue weighted by Gasteiger charge is 2.29. The van der Waals surface area contributed by atoms with Gasteiger partial charge >= 0.3 is 0 Å². The molecule has 6 heteroatoms. The van der Waals surface area contributed by atoms with Crippen LogP contribution in [0.4, 0.5) is 0 Å². The minimum Gasteiger partial charge on any atom is -0.293 e. The molecule has 5 rings (SSSR count). The maximum absolute atomic E-state index is 12.5. The van der Waals surface area contributed by atoms with Crippen LogP contribution in [0.15, 0.2) is 10.9 Å². The van der Waals surface area contributed by atoms with Crippen molar-refractivity contribution in [2.75, 3.05) is 6.54 Å². The summed E-state index contributed by atoms with van der Waals surface area (Å²) in [5.41, 5.74) is 6.52. The molecule has 6 nitrogen and oxygen atoms in total. The summed E-state index contributed by atoms with van der Waals surface area (Å²) < 4.78 is 3.81. The number of hydrogen-bond acceptors (Lipinski definition) is 4. The molecule has 0 amide bonds. The third-order valence-electron chi connectivity index (χ3n) is 6.46. The number of aryl methyl sites for hydroxylation is 4. The van der Waals surface area contributed by atoms with Gasteiger partial charge in [-0.2, -0.15) is 10.2 Å². The highest BCUT2D eigenvalue weighted by atomic mass is 16.1. The van der Waals surface area contributed by atoms with Gasteiger partial charge in [0.15, 0.2) is 0 Å². The summed E-state index contributed by atoms with van der Waals surface area (Å²) in [6, 6.07) is 2.22. The van der Waals surface area contributed by atoms with E-state index in [1.807, 2.05) is 6.07 Å². The Morgan fingerprint density at radius 3 is 2.85 bits per heavy atom. The molecular weight excluding hydrogens is 326 g/mol. The van der Waals surface area contributed by atoms with Crippen LogP contribution in [0.2, 0.25) is 0 Å². The number of fused-ring (bicyclic) bond motifs is 2. The molecule has 1 fully saturated rings. The van der Waals surface area contributed by atoms with Crippen molar-refractivity contribution in [1.29, 1.82) is 0 Å². The van der Waals surface area contributed by atoms with Gasteiger partial charge in [-0.1, -0.05) is 0 Å². The lowest BCUT2D eigenvalue weighted by Gasteiger charge is -2.25. The Kier molecular flexibility index (Phi) is 3.96. The Morgan fingerprint density at radius 2 is 1.92 bits per heavy atom. The molecule has 2 aromatic rings. The van der Waals surface area contributed by atoms with Crippen molar-refractivity contribution in [3.05, 3.63) is 44.6 Å². The largest absolute Gasteiger partial charge is 0.293 e. The molecule has 0 aromatic carbocycles. The van der Waals surface area contributed by atoms with E-state index < -0.39 is 0 Å². The topological polar surface area (TPSA) is 56.0 Å². The average molecular weight is 353 g/mol. The number of likely N-dealkylation sites (tertiary alicyclic amines) is 1. The molecule has 0 saturated carbocycles. The Bertz CT molecular complexity index is 896. The van der Waals surface area contributed by atoms with Crippen molar-refractivity contribution < 1.29 is 0 Å². The maximum Gasteiger partial charge on any atom is 0.267 e. The zero-order valence-corrected chi connectivity index (χ0v) is 15.6. The Morgan fingerprint density at radius 1 is 1.08 bits per heavy atom. The summed E-state index contributed by atoms with van der Waals surface area (Å²) in [4.78, 5) is 15.0. The fourth-order valence-corrected chi connectivity index (χ4v) is 5.06. The fraction of sp³-hybridized carbons (Fsp3) is 0.650. The molecule has 0 bridgehead atoms. The van der Waals surface area contributed by atoms with E-state index in [0.717, 1.165) is 50.9 Å². The van der Waals surface area contributed by atoms with Crippen molar-refractivity contribution in [2.45, 2.75) is 70.5 Å². The molecule has 3 heterocycles. The van der Waals surface area contributed by atoms with Crippen molar-refractivity contribution in [1.82, 2.24) is 24.5 Å². The number of rotatable bonds is 4. The van der Waals surface area contributed by atoms with Crippen LogP contribution in [0.1, 0.15) is 53.9 Å². The van der Waals surface area contributed by atoms with E-state index in [2.05, 4.69) is 21.7 Å². The van der Waals surface area contributed by atoms with Crippen molar-refractivity contribution >= 4 is 0 Å². The lowest BCUT2D eigenvalue weighted by molar-refractivity contribution is 0.211. The molecule has 0 N–H and O–H groups in total. The summed E-state index contributed by atoms with van der Waals surface area (Å²) in [7, 11) is 2.07. The number of hydrogen-bond donors (Lipinski definition) is 0. The molecule has 1 unspecified atom stereocenters. The first-order chi connectivity index (χ1) is 12.7. The lowest BCUT2D eigenvalue weighted by Crippen LogP contribution is -2.37. The molecule has 1 atom stereocenters. The minimum atomic E-state index is 0.0684. The molecular formula is C20H27N5O. The quantitative estimate of drug-likeness (QED) is 0.838. The van der Waals surface area contributed by atoms with Crippen LogP contribution in [0.5, 0.6) is 0 Å². The highest BCUT2D eigenvalue weighted by Crippen LogP contribution is 2.28. The molecule has 2 aromatic heterocycles. The van der Waals surface area contributed by atoms with Crippen LogP contribution in [0.25, 0.3) is 0 Å². The van der Waals surface area contributed by atoms with Gasteiger partial charge in [0.05, 0.1) is 23.6 Å². The smallest absolute Gasteiger partial charge is 0.267 e. The monoisotopic (exact) mass is 353 g/mol. The van der Waals surface area contributed by atoms with Gasteiger partial charge in [0, 0.05) is 25.7 Å². The van der Waals surface area contributed by atoms with E-state index >= 15 is 0 Å². The number of aromatic nitrogens is 4. The summed E-state index contributed by atoms with van der Waals surface area (Å²) in [5.74, 6) is 0. The molecule has 138 valence electrons. The standard InChI is InChI=1S/C20H27N5O/c1-23-19(16-7-3-9-18(16)21-23)13-24-10-4-6-15(24)12-25-20(26)11-14-5-2-8-17(14)22-25/h11,15H,2-10,12-13H2,1H3. The van der Waals surface area contributed by atoms with Crippen LogP contribution < -0.4 is 5.56 Å². The maximum atomic E-state index is 12.5. The van der Waals surface area contributed by atoms with E-state index in [-0.39, 0.29) is 5.56 Å². The zero-order valence-electron chi connectivity index (χ0n) is 15.6. The Labute approximate surface area is 153 Å². The predicted molar refractivity (Wildman–Crippen MR) is 99.2 cm³/mol. The van der Waals surface area contributed by atoms with Gasteiger partial charge in [0.1, 0.15) is 0 Å². The summed E-state index contributed by atoms with van der Waals surface area (Å²) in [6.45, 7) is 2.76. The van der Waals surface area contributed by atoms with E-state index in [0.29, 0.717) is 12.6 Å². The van der Waals surface area contributed by atoms with Gasteiger partial charge in [-0.05, 0) is 69.0 Å². The summed E-state index contributed by atoms with van der Waals surface area (Å²) >= 11 is 0. The first-order valence-electron chi connectivity index (χ1n) is 10.1. The predicted octanol–water partition coefficient (Wildman–Crippen LogP) is 1.62. The van der Waals surface area contributed by atoms with Gasteiger partial charge in [-0.25, -0.2) is 4.68 Å². The third-order valence-corrected chi connectivity index (χ3v) is 6.46. The molecule has 1 saturated heterocycles. The normalized spacial score (nSPS) is 22.1. The SMILES string of the molecule is Cn1nc2c(c1CN1CCCC1Cn1nc3c(cc1=O)CCC3)CCC2. The second kappa shape index (κ2) is 6.34. The fourth-order valence-electron chi connectivity index (χ4n) is 5.06. The average Bonchev–Trinajstić information content (AvgIpc) is 3.37. The first kappa shape index (κ1) is 16.2. The first-order valence-corrected chi connectivity index (χ1v) is 10.1. The molecule has 0 spiro atoms. The Balaban J connectivity index is 1.36. The lowest BCUT2D eigenvalue weighted by atomic mass is 10.1. The van der Waals surface area contributed by atoms with Gasteiger partial charge in [-0.3, -0.25) is 14.4 Å². The van der Waals surface area contributed by atoms with Crippen LogP contribution in [0, 0.1) is 0 Å². The molecule has 0 radical (unpaired) electrons. The second-order valence-corrected chi connectivity index (χ2v) is 8.11. The van der Waals surface area contributed by atoms with Gasteiger partial charge in [-0.15, -0.1) is 0 Å². The van der Waals surface area contributed by atoms with Crippen molar-refractivity contribution in [3.8, 4) is 0 Å². The van der Waals surface area contributed by atoms with Gasteiger partial charge < -0.3 is 0 Å². The van der Waals surface area contributed by atoms with E-state index in [1.165, 1.54) is 41.8 Å². The van der Waals surface area contributed by atoms with E-state index in [4.69, 9.17) is 5.10 Å². The summed E-state index contributed by atoms with van der Waals surface area (Å²) in [6.07, 6.45) is 9.04. The van der Waals surface area contributed by atoms with E-state index in [1.54, 1.807) is 4.68 Å². The second-order valence-electron chi connectivity index (χ2n) is 8.11. The Hall–Kier alpha value is -1.95. The van der Waals surface area contributed by atoms with Crippen LogP contribution in [-0.4, -0.2) is 37.0 Å². The molecule has 2 aliphatic carbocycles. The zero-order chi connectivity index (χ0) is 17.7.